The molecule has 3 aromatic rings. The summed E-state index contributed by atoms with van der Waals surface area (Å²) in [5, 5.41) is 15.9. The van der Waals surface area contributed by atoms with Crippen molar-refractivity contribution in [2.45, 2.75) is 59.2 Å². The summed E-state index contributed by atoms with van der Waals surface area (Å²) in [4.78, 5) is 28.8. The number of H-pyrrole nitrogens is 1. The van der Waals surface area contributed by atoms with E-state index in [1.807, 2.05) is 14.0 Å². The Labute approximate surface area is 209 Å². The number of carbonyl (C=O) groups is 1. The van der Waals surface area contributed by atoms with Crippen LogP contribution in [-0.2, 0) is 26.2 Å². The Morgan fingerprint density at radius 1 is 1.25 bits per heavy atom. The van der Waals surface area contributed by atoms with Gasteiger partial charge in [-0.15, -0.1) is 10.2 Å². The van der Waals surface area contributed by atoms with Gasteiger partial charge in [-0.2, -0.15) is 13.2 Å². The predicted molar refractivity (Wildman–Crippen MR) is 133 cm³/mol. The van der Waals surface area contributed by atoms with E-state index in [9.17, 15) is 22.8 Å². The number of anilines is 1. The Balaban J connectivity index is 0.000000895. The molecule has 1 atom stereocenters. The number of benzene rings is 1. The zero-order valence-electron chi connectivity index (χ0n) is 19.8. The van der Waals surface area contributed by atoms with Gasteiger partial charge in [-0.1, -0.05) is 33.8 Å². The smallest absolute Gasteiger partial charge is 0.396 e. The number of unbranched alkanes of at least 4 members (excludes halogenated alkanes) is 1. The number of alkyl halides is 3. The molecular weight excluding hydrogens is 475 g/mol. The minimum Gasteiger partial charge on any atom is -0.396 e. The number of carbonyl (C=O) groups excluding carboxylic acids is 1. The third kappa shape index (κ3) is 6.39. The zero-order valence-corrected chi connectivity index (χ0v) is 19.8. The second kappa shape index (κ2) is 12.0. The number of hydrogen-bond donors (Lipinski definition) is 2. The number of aliphatic hydroxyl groups excluding tert-OH is 1. The summed E-state index contributed by atoms with van der Waals surface area (Å²) in [5.41, 5.74) is -0.731. The van der Waals surface area contributed by atoms with Gasteiger partial charge in [0, 0.05) is 33.1 Å². The number of halogens is 3. The fourth-order valence-electron chi connectivity index (χ4n) is 3.81. The maximum Gasteiger partial charge on any atom is 0.416 e. The van der Waals surface area contributed by atoms with Gasteiger partial charge in [0.2, 0.25) is 5.56 Å². The summed E-state index contributed by atoms with van der Waals surface area (Å²) >= 11 is 0. The quantitative estimate of drug-likeness (QED) is 0.502. The molecule has 1 aliphatic rings. The fourth-order valence-corrected chi connectivity index (χ4v) is 3.81. The van der Waals surface area contributed by atoms with E-state index >= 15 is 0 Å². The van der Waals surface area contributed by atoms with Crippen molar-refractivity contribution in [3.63, 3.8) is 0 Å². The molecule has 3 heterocycles. The highest BCUT2D eigenvalue weighted by molar-refractivity contribution is 6.09. The maximum atomic E-state index is 13.3. The molecular formula is C25H34F3N5O3. The molecule has 2 aromatic heterocycles. The van der Waals surface area contributed by atoms with Crippen molar-refractivity contribution in [3.05, 3.63) is 75.1 Å². The van der Waals surface area contributed by atoms with E-state index in [0.29, 0.717) is 18.6 Å². The lowest BCUT2D eigenvalue weighted by atomic mass is 9.98. The summed E-state index contributed by atoms with van der Waals surface area (Å²) in [5.74, 6) is 0.185. The van der Waals surface area contributed by atoms with Crippen molar-refractivity contribution < 1.29 is 24.5 Å². The number of amides is 1. The van der Waals surface area contributed by atoms with Crippen LogP contribution in [0.2, 0.25) is 0 Å². The highest BCUT2D eigenvalue weighted by atomic mass is 19.4. The molecule has 1 amide bonds. The summed E-state index contributed by atoms with van der Waals surface area (Å²) in [6.07, 6.45) is -0.451. The second-order valence-electron chi connectivity index (χ2n) is 8.42. The standard InChI is InChI=1S/C20H18F3N5O2.C4H10O.CH4.H2/c1-11(6-17-26-24-10-27(17)2)12-7-16(25-18(29)8-12)28-9-14-13(19(28)30)4-3-5-15(14)20(21,22)23;1-2-3-4-5;;/h3-5,7-8,10-11H,6,9H2,1-2H3,(H,25,29);5H,2-4H2,1H3;1H4;1H/t11-;;;/m1.../s1/i;2+0;;. The number of rotatable bonds is 6. The van der Waals surface area contributed by atoms with Crippen LogP contribution in [0.3, 0.4) is 0 Å². The van der Waals surface area contributed by atoms with Gasteiger partial charge >= 0.3 is 6.18 Å². The third-order valence-electron chi connectivity index (χ3n) is 5.79. The molecule has 0 bridgehead atoms. The molecule has 2 N–H and O–H groups in total. The summed E-state index contributed by atoms with van der Waals surface area (Å²) in [7, 11) is 1.81. The van der Waals surface area contributed by atoms with E-state index in [1.54, 1.807) is 17.0 Å². The lowest BCUT2D eigenvalue weighted by Gasteiger charge is -2.18. The number of aliphatic hydroxyl groups is 1. The normalized spacial score (nSPS) is 13.5. The molecule has 11 heteroatoms. The topological polar surface area (TPSA) is 104 Å². The Hall–Kier alpha value is -3.47. The van der Waals surface area contributed by atoms with Crippen LogP contribution < -0.4 is 10.5 Å². The number of aromatic nitrogens is 4. The van der Waals surface area contributed by atoms with Crippen LogP contribution in [0.1, 0.15) is 74.3 Å². The molecule has 0 fully saturated rings. The minimum absolute atomic E-state index is 0. The highest BCUT2D eigenvalue weighted by Gasteiger charge is 2.40. The van der Waals surface area contributed by atoms with Crippen LogP contribution in [0, 0.1) is 0 Å². The first-order valence-corrected chi connectivity index (χ1v) is 11.3. The van der Waals surface area contributed by atoms with Crippen molar-refractivity contribution in [1.29, 1.82) is 0 Å². The predicted octanol–water partition coefficient (Wildman–Crippen LogP) is 4.69. The monoisotopic (exact) mass is 509 g/mol. The molecule has 0 aliphatic carbocycles. The second-order valence-corrected chi connectivity index (χ2v) is 8.42. The molecule has 0 saturated carbocycles. The van der Waals surface area contributed by atoms with Gasteiger partial charge in [-0.3, -0.25) is 14.5 Å². The molecule has 0 unspecified atom stereocenters. The van der Waals surface area contributed by atoms with Crippen LogP contribution in [0.5, 0.6) is 0 Å². The van der Waals surface area contributed by atoms with Crippen molar-refractivity contribution >= 4 is 11.7 Å². The minimum atomic E-state index is -4.57. The van der Waals surface area contributed by atoms with Crippen molar-refractivity contribution in [2.24, 2.45) is 7.05 Å². The number of pyridine rings is 1. The van der Waals surface area contributed by atoms with Gasteiger partial charge in [0.25, 0.3) is 5.91 Å². The van der Waals surface area contributed by atoms with Crippen molar-refractivity contribution in [1.82, 2.24) is 19.7 Å². The average molecular weight is 510 g/mol. The summed E-state index contributed by atoms with van der Waals surface area (Å²) in [6.45, 7) is 4.03. The van der Waals surface area contributed by atoms with Gasteiger partial charge in [-0.25, -0.2) is 0 Å². The third-order valence-corrected chi connectivity index (χ3v) is 5.79. The Morgan fingerprint density at radius 3 is 2.53 bits per heavy atom. The molecule has 1 aromatic carbocycles. The molecule has 1 aliphatic heterocycles. The number of nitrogens with zero attached hydrogens (tertiary/aromatic N) is 4. The number of hydrogen-bond acceptors (Lipinski definition) is 5. The van der Waals surface area contributed by atoms with Crippen LogP contribution in [0.15, 0.2) is 41.5 Å². The maximum absolute atomic E-state index is 13.3. The summed E-state index contributed by atoms with van der Waals surface area (Å²) < 4.78 is 41.8. The number of fused-ring (bicyclic) bond motifs is 1. The molecule has 0 radical (unpaired) electrons. The van der Waals surface area contributed by atoms with E-state index in [2.05, 4.69) is 22.1 Å². The number of aryl methyl sites for hydroxylation is 1. The molecule has 0 saturated heterocycles. The molecule has 4 rings (SSSR count). The van der Waals surface area contributed by atoms with Crippen LogP contribution in [-0.4, -0.2) is 37.4 Å². The van der Waals surface area contributed by atoms with E-state index < -0.39 is 23.2 Å². The Morgan fingerprint density at radius 2 is 1.97 bits per heavy atom. The molecule has 36 heavy (non-hydrogen) atoms. The van der Waals surface area contributed by atoms with Crippen molar-refractivity contribution in [2.75, 3.05) is 11.5 Å². The van der Waals surface area contributed by atoms with Gasteiger partial charge in [0.05, 0.1) is 12.1 Å². The van der Waals surface area contributed by atoms with E-state index in [0.717, 1.165) is 24.7 Å². The van der Waals surface area contributed by atoms with E-state index in [-0.39, 0.29) is 38.3 Å². The van der Waals surface area contributed by atoms with Gasteiger partial charge in [0.15, 0.2) is 0 Å². The average Bonchev–Trinajstić information content (AvgIpc) is 3.36. The SMILES string of the molecule is C.C[12CH2]CCO.C[C@H](Cc1nncn1C)c1cc(N2Cc3c(cccc3C(F)(F)F)C2=O)[nH]c(=O)c1.[HH]. The largest absolute Gasteiger partial charge is 0.416 e. The highest BCUT2D eigenvalue weighted by Crippen LogP contribution is 2.38. The van der Waals surface area contributed by atoms with Crippen LogP contribution >= 0.6 is 0 Å². The van der Waals surface area contributed by atoms with Gasteiger partial charge < -0.3 is 14.7 Å². The van der Waals surface area contributed by atoms with Crippen LogP contribution in [0.4, 0.5) is 19.0 Å². The molecule has 8 nitrogen and oxygen atoms in total. The summed E-state index contributed by atoms with van der Waals surface area (Å²) in [6, 6.07) is 6.58. The Kier molecular flexibility index (Phi) is 9.57. The first-order valence-electron chi connectivity index (χ1n) is 11.3. The molecule has 198 valence electrons. The lowest BCUT2D eigenvalue weighted by molar-refractivity contribution is -0.138. The number of nitrogens with one attached hydrogen (secondary N) is 1. The zero-order chi connectivity index (χ0) is 25.8. The molecule has 0 spiro atoms. The fraction of sp³-hybridized carbons (Fsp3) is 0.440. The first kappa shape index (κ1) is 28.8. The van der Waals surface area contributed by atoms with E-state index in [1.165, 1.54) is 23.1 Å². The van der Waals surface area contributed by atoms with Crippen LogP contribution in [0.25, 0.3) is 0 Å². The van der Waals surface area contributed by atoms with Crippen molar-refractivity contribution in [3.8, 4) is 0 Å². The lowest BCUT2D eigenvalue weighted by Crippen LogP contribution is -2.26. The van der Waals surface area contributed by atoms with E-state index in [4.69, 9.17) is 5.11 Å². The first-order chi connectivity index (χ1) is 16.6. The van der Waals surface area contributed by atoms with Gasteiger partial charge in [-0.05, 0) is 41.7 Å². The number of aromatic amines is 1. The van der Waals surface area contributed by atoms with Gasteiger partial charge in [0.1, 0.15) is 18.0 Å². The Bertz CT molecular complexity index is 1240.